The molecule has 7 heteroatoms. The Balaban J connectivity index is 2.27. The summed E-state index contributed by atoms with van der Waals surface area (Å²) in [6, 6.07) is 6.71. The van der Waals surface area contributed by atoms with Gasteiger partial charge in [0.05, 0.1) is 18.8 Å². The number of benzene rings is 1. The summed E-state index contributed by atoms with van der Waals surface area (Å²) in [6.45, 7) is 5.06. The van der Waals surface area contributed by atoms with Crippen molar-refractivity contribution < 1.29 is 22.6 Å². The minimum Gasteiger partial charge on any atom is -0.488 e. The summed E-state index contributed by atoms with van der Waals surface area (Å²) in [7, 11) is 0. The van der Waals surface area contributed by atoms with Crippen LogP contribution in [0.5, 0.6) is 11.6 Å². The first kappa shape index (κ1) is 21.5. The number of nitrogens with zero attached hydrogens (tertiary/aromatic N) is 2. The average Bonchev–Trinajstić information content (AvgIpc) is 2.67. The molecule has 1 aromatic heterocycles. The molecule has 0 atom stereocenters. The molecule has 28 heavy (non-hydrogen) atoms. The van der Waals surface area contributed by atoms with Gasteiger partial charge in [0.1, 0.15) is 5.69 Å². The zero-order valence-corrected chi connectivity index (χ0v) is 16.0. The van der Waals surface area contributed by atoms with Gasteiger partial charge in [0.2, 0.25) is 0 Å². The maximum Gasteiger partial charge on any atom is 0.417 e. The van der Waals surface area contributed by atoms with Gasteiger partial charge in [-0.15, -0.1) is 10.2 Å². The Hall–Kier alpha value is -2.75. The summed E-state index contributed by atoms with van der Waals surface area (Å²) in [5.74, 6) is 5.84. The third kappa shape index (κ3) is 6.45. The van der Waals surface area contributed by atoms with Gasteiger partial charge in [0, 0.05) is 11.6 Å². The molecule has 2 aromatic rings. The van der Waals surface area contributed by atoms with E-state index in [1.165, 1.54) is 18.2 Å². The van der Waals surface area contributed by atoms with Crippen molar-refractivity contribution in [2.24, 2.45) is 0 Å². The summed E-state index contributed by atoms with van der Waals surface area (Å²) < 4.78 is 50.5. The van der Waals surface area contributed by atoms with E-state index in [0.29, 0.717) is 19.0 Å². The quantitative estimate of drug-likeness (QED) is 0.454. The van der Waals surface area contributed by atoms with E-state index in [1.54, 1.807) is 6.07 Å². The van der Waals surface area contributed by atoms with E-state index in [0.717, 1.165) is 31.7 Å². The lowest BCUT2D eigenvalue weighted by Gasteiger charge is -2.11. The smallest absolute Gasteiger partial charge is 0.417 e. The van der Waals surface area contributed by atoms with Crippen molar-refractivity contribution >= 4 is 0 Å². The van der Waals surface area contributed by atoms with E-state index in [4.69, 9.17) is 9.47 Å². The molecule has 0 fully saturated rings. The molecule has 0 radical (unpaired) electrons. The van der Waals surface area contributed by atoms with Crippen LogP contribution in [0.3, 0.4) is 0 Å². The van der Waals surface area contributed by atoms with Crippen LogP contribution >= 0.6 is 0 Å². The van der Waals surface area contributed by atoms with Gasteiger partial charge in [-0.2, -0.15) is 13.2 Å². The van der Waals surface area contributed by atoms with E-state index >= 15 is 0 Å². The predicted octanol–water partition coefficient (Wildman–Crippen LogP) is 5.25. The fraction of sp³-hybridized carbons (Fsp3) is 0.429. The molecule has 0 N–H and O–H groups in total. The molecule has 0 saturated heterocycles. The maximum absolute atomic E-state index is 13.1. The second kappa shape index (κ2) is 10.5. The molecule has 1 aromatic carbocycles. The Bertz CT molecular complexity index is 826. The molecule has 0 unspecified atom stereocenters. The Morgan fingerprint density at radius 2 is 1.61 bits per heavy atom. The van der Waals surface area contributed by atoms with Crippen LogP contribution in [0.1, 0.15) is 56.4 Å². The molecule has 0 aliphatic heterocycles. The van der Waals surface area contributed by atoms with Gasteiger partial charge in [0.25, 0.3) is 5.88 Å². The van der Waals surface area contributed by atoms with E-state index in [1.807, 2.05) is 13.8 Å². The van der Waals surface area contributed by atoms with Crippen molar-refractivity contribution in [2.75, 3.05) is 13.2 Å². The van der Waals surface area contributed by atoms with Crippen LogP contribution < -0.4 is 9.47 Å². The van der Waals surface area contributed by atoms with Crippen molar-refractivity contribution in [3.8, 4) is 23.5 Å². The van der Waals surface area contributed by atoms with Gasteiger partial charge in [-0.05, 0) is 30.9 Å². The molecular weight excluding hydrogens is 369 g/mol. The SMILES string of the molecule is CCCCOc1cc(C#Cc2ccccc2C(F)(F)F)nnc1OCCCC. The molecular formula is C21H23F3N2O2. The van der Waals surface area contributed by atoms with Crippen molar-refractivity contribution in [1.82, 2.24) is 10.2 Å². The second-order valence-corrected chi connectivity index (χ2v) is 6.10. The van der Waals surface area contributed by atoms with Gasteiger partial charge in [-0.3, -0.25) is 0 Å². The molecule has 1 heterocycles. The highest BCUT2D eigenvalue weighted by atomic mass is 19.4. The average molecular weight is 392 g/mol. The van der Waals surface area contributed by atoms with E-state index < -0.39 is 11.7 Å². The maximum atomic E-state index is 13.1. The zero-order chi connectivity index (χ0) is 20.4. The number of hydrogen-bond acceptors (Lipinski definition) is 4. The summed E-state index contributed by atoms with van der Waals surface area (Å²) in [6.07, 6.45) is -0.808. The Morgan fingerprint density at radius 3 is 2.29 bits per heavy atom. The van der Waals surface area contributed by atoms with Gasteiger partial charge in [0.15, 0.2) is 5.75 Å². The highest BCUT2D eigenvalue weighted by Gasteiger charge is 2.32. The number of alkyl halides is 3. The predicted molar refractivity (Wildman–Crippen MR) is 100 cm³/mol. The lowest BCUT2D eigenvalue weighted by molar-refractivity contribution is -0.137. The normalized spacial score (nSPS) is 10.9. The van der Waals surface area contributed by atoms with Crippen LogP contribution in [0, 0.1) is 11.8 Å². The topological polar surface area (TPSA) is 44.2 Å². The first-order valence-electron chi connectivity index (χ1n) is 9.27. The molecule has 0 aliphatic rings. The van der Waals surface area contributed by atoms with Crippen LogP contribution in [0.4, 0.5) is 13.2 Å². The summed E-state index contributed by atoms with van der Waals surface area (Å²) in [5.41, 5.74) is -0.686. The lowest BCUT2D eigenvalue weighted by atomic mass is 10.1. The molecule has 0 bridgehead atoms. The number of unbranched alkanes of at least 4 members (excludes halogenated alkanes) is 2. The fourth-order valence-electron chi connectivity index (χ4n) is 2.24. The minimum absolute atomic E-state index is 0.117. The second-order valence-electron chi connectivity index (χ2n) is 6.10. The van der Waals surface area contributed by atoms with E-state index in [-0.39, 0.29) is 17.1 Å². The molecule has 0 amide bonds. The number of ether oxygens (including phenoxy) is 2. The number of halogens is 3. The Morgan fingerprint density at radius 1 is 0.929 bits per heavy atom. The number of hydrogen-bond donors (Lipinski definition) is 0. The molecule has 0 saturated carbocycles. The Kier molecular flexibility index (Phi) is 8.12. The molecule has 0 aliphatic carbocycles. The van der Waals surface area contributed by atoms with Gasteiger partial charge in [-0.25, -0.2) is 0 Å². The minimum atomic E-state index is -4.47. The first-order chi connectivity index (χ1) is 13.5. The van der Waals surface area contributed by atoms with Crippen molar-refractivity contribution in [2.45, 2.75) is 45.7 Å². The monoisotopic (exact) mass is 392 g/mol. The van der Waals surface area contributed by atoms with Crippen LogP contribution in [0.2, 0.25) is 0 Å². The van der Waals surface area contributed by atoms with Crippen LogP contribution in [0.15, 0.2) is 30.3 Å². The number of aromatic nitrogens is 2. The van der Waals surface area contributed by atoms with Crippen molar-refractivity contribution in [3.63, 3.8) is 0 Å². The summed E-state index contributed by atoms with van der Waals surface area (Å²) in [5, 5.41) is 7.93. The lowest BCUT2D eigenvalue weighted by Crippen LogP contribution is -2.07. The molecule has 150 valence electrons. The van der Waals surface area contributed by atoms with Crippen LogP contribution in [-0.4, -0.2) is 23.4 Å². The third-order valence-electron chi connectivity index (χ3n) is 3.78. The fourth-order valence-corrected chi connectivity index (χ4v) is 2.24. The highest BCUT2D eigenvalue weighted by molar-refractivity contribution is 5.47. The van der Waals surface area contributed by atoms with Crippen LogP contribution in [0.25, 0.3) is 0 Å². The number of rotatable bonds is 8. The largest absolute Gasteiger partial charge is 0.488 e. The Labute approximate surface area is 163 Å². The molecule has 2 rings (SSSR count). The zero-order valence-electron chi connectivity index (χ0n) is 16.0. The highest BCUT2D eigenvalue weighted by Crippen LogP contribution is 2.31. The van der Waals surface area contributed by atoms with Gasteiger partial charge < -0.3 is 9.47 Å². The molecule has 0 spiro atoms. The third-order valence-corrected chi connectivity index (χ3v) is 3.78. The van der Waals surface area contributed by atoms with Gasteiger partial charge >= 0.3 is 6.18 Å². The van der Waals surface area contributed by atoms with E-state index in [2.05, 4.69) is 22.0 Å². The van der Waals surface area contributed by atoms with Crippen LogP contribution in [-0.2, 0) is 6.18 Å². The van der Waals surface area contributed by atoms with Crippen molar-refractivity contribution in [3.05, 3.63) is 47.2 Å². The van der Waals surface area contributed by atoms with E-state index in [9.17, 15) is 13.2 Å². The standard InChI is InChI=1S/C21H23F3N2O2/c1-3-5-13-27-19-15-17(25-26-20(19)28-14-6-4-2)12-11-16-9-7-8-10-18(16)21(22,23)24/h7-10,15H,3-6,13-14H2,1-2H3. The summed E-state index contributed by atoms with van der Waals surface area (Å²) in [4.78, 5) is 0. The molecule has 4 nitrogen and oxygen atoms in total. The van der Waals surface area contributed by atoms with Crippen molar-refractivity contribution in [1.29, 1.82) is 0 Å². The first-order valence-corrected chi connectivity index (χ1v) is 9.27. The van der Waals surface area contributed by atoms with Gasteiger partial charge in [-0.1, -0.05) is 44.7 Å². The summed E-state index contributed by atoms with van der Waals surface area (Å²) >= 11 is 0.